The van der Waals surface area contributed by atoms with Crippen LogP contribution in [0, 0.1) is 5.82 Å². The highest BCUT2D eigenvalue weighted by atomic mass is 35.5. The molecule has 3 aromatic carbocycles. The van der Waals surface area contributed by atoms with Crippen LogP contribution >= 0.6 is 11.6 Å². The number of carbonyl (C=O) groups excluding carboxylic acids is 1. The third-order valence-electron chi connectivity index (χ3n) is 5.64. The van der Waals surface area contributed by atoms with Crippen LogP contribution in [0.15, 0.2) is 66.7 Å². The van der Waals surface area contributed by atoms with E-state index in [-0.39, 0.29) is 24.7 Å². The van der Waals surface area contributed by atoms with E-state index in [4.69, 9.17) is 26.2 Å². The number of carboxylic acid groups (broad SMARTS) is 1. The van der Waals surface area contributed by atoms with E-state index in [0.29, 0.717) is 29.0 Å². The van der Waals surface area contributed by atoms with Crippen LogP contribution < -0.4 is 4.74 Å². The summed E-state index contributed by atoms with van der Waals surface area (Å²) in [7, 11) is 0. The molecule has 1 aliphatic rings. The van der Waals surface area contributed by atoms with Crippen molar-refractivity contribution in [3.63, 3.8) is 0 Å². The number of aliphatic carboxylic acids is 1. The van der Waals surface area contributed by atoms with E-state index in [1.54, 1.807) is 29.2 Å². The highest BCUT2D eigenvalue weighted by molar-refractivity contribution is 6.30. The highest BCUT2D eigenvalue weighted by Crippen LogP contribution is 2.41. The smallest absolute Gasteiger partial charge is 0.410 e. The van der Waals surface area contributed by atoms with Gasteiger partial charge in [-0.25, -0.2) is 14.0 Å². The van der Waals surface area contributed by atoms with E-state index in [1.165, 1.54) is 12.1 Å². The van der Waals surface area contributed by atoms with Crippen molar-refractivity contribution in [2.24, 2.45) is 0 Å². The summed E-state index contributed by atoms with van der Waals surface area (Å²) in [5.41, 5.74) is 3.00. The van der Waals surface area contributed by atoms with Gasteiger partial charge in [-0.3, -0.25) is 4.90 Å². The maximum absolute atomic E-state index is 13.9. The monoisotopic (exact) mass is 483 g/mol. The maximum atomic E-state index is 13.9. The molecular formula is C26H23ClFNO5. The Morgan fingerprint density at radius 2 is 1.85 bits per heavy atom. The normalized spacial score (nSPS) is 14.9. The summed E-state index contributed by atoms with van der Waals surface area (Å²) in [6.07, 6.45) is 0.486. The van der Waals surface area contributed by atoms with Gasteiger partial charge in [-0.05, 0) is 53.4 Å². The Morgan fingerprint density at radius 3 is 2.62 bits per heavy atom. The molecular weight excluding hydrogens is 461 g/mol. The number of ether oxygens (including phenoxy) is 2. The number of rotatable bonds is 7. The number of carbonyl (C=O) groups is 2. The minimum Gasteiger partial charge on any atom is -0.482 e. The van der Waals surface area contributed by atoms with Crippen molar-refractivity contribution in [1.82, 2.24) is 4.90 Å². The van der Waals surface area contributed by atoms with Gasteiger partial charge in [0.05, 0.1) is 12.6 Å². The lowest BCUT2D eigenvalue weighted by atomic mass is 9.88. The van der Waals surface area contributed by atoms with Gasteiger partial charge in [-0.15, -0.1) is 0 Å². The van der Waals surface area contributed by atoms with Crippen molar-refractivity contribution < 1.29 is 28.6 Å². The Bertz CT molecular complexity index is 1190. The van der Waals surface area contributed by atoms with Gasteiger partial charge in [0.2, 0.25) is 0 Å². The Kier molecular flexibility index (Phi) is 7.33. The molecule has 6 nitrogen and oxygen atoms in total. The predicted octanol–water partition coefficient (Wildman–Crippen LogP) is 5.27. The molecule has 4 rings (SSSR count). The lowest BCUT2D eigenvalue weighted by Gasteiger charge is -2.37. The molecule has 1 amide bonds. The van der Waals surface area contributed by atoms with E-state index in [1.807, 2.05) is 30.3 Å². The van der Waals surface area contributed by atoms with E-state index in [2.05, 4.69) is 0 Å². The molecule has 0 aromatic heterocycles. The Morgan fingerprint density at radius 1 is 1.06 bits per heavy atom. The molecule has 0 spiro atoms. The van der Waals surface area contributed by atoms with Crippen LogP contribution in [-0.4, -0.2) is 41.8 Å². The van der Waals surface area contributed by atoms with Crippen molar-refractivity contribution in [2.75, 3.05) is 19.8 Å². The summed E-state index contributed by atoms with van der Waals surface area (Å²) in [6.45, 7) is -0.0738. The number of nitrogens with zero attached hydrogens (tertiary/aromatic N) is 1. The second-order valence-electron chi connectivity index (χ2n) is 7.90. The molecule has 0 fully saturated rings. The van der Waals surface area contributed by atoms with Gasteiger partial charge in [0.1, 0.15) is 11.6 Å². The van der Waals surface area contributed by atoms with Gasteiger partial charge in [0, 0.05) is 23.6 Å². The van der Waals surface area contributed by atoms with Crippen LogP contribution in [0.25, 0.3) is 0 Å². The summed E-state index contributed by atoms with van der Waals surface area (Å²) in [6, 6.07) is 18.2. The average Bonchev–Trinajstić information content (AvgIpc) is 2.83. The van der Waals surface area contributed by atoms with Crippen LogP contribution in [0.2, 0.25) is 5.02 Å². The topological polar surface area (TPSA) is 76.1 Å². The minimum absolute atomic E-state index is 0.195. The van der Waals surface area contributed by atoms with Crippen molar-refractivity contribution in [2.45, 2.75) is 18.9 Å². The molecule has 0 aliphatic carbocycles. The molecule has 1 heterocycles. The van der Waals surface area contributed by atoms with Crippen LogP contribution in [0.1, 0.15) is 28.3 Å². The number of fused-ring (bicyclic) bond motifs is 1. The zero-order chi connectivity index (χ0) is 24.1. The third-order valence-corrected chi connectivity index (χ3v) is 5.88. The summed E-state index contributed by atoms with van der Waals surface area (Å²) in [5.74, 6) is -1.23. The number of carboxylic acids is 1. The first-order valence-corrected chi connectivity index (χ1v) is 11.2. The first kappa shape index (κ1) is 23.6. The van der Waals surface area contributed by atoms with Gasteiger partial charge in [0.15, 0.2) is 6.61 Å². The number of amides is 1. The molecule has 1 N–H and O–H groups in total. The van der Waals surface area contributed by atoms with Crippen molar-refractivity contribution in [3.8, 4) is 5.75 Å². The fraction of sp³-hybridized carbons (Fsp3) is 0.231. The zero-order valence-electron chi connectivity index (χ0n) is 18.2. The molecule has 0 unspecified atom stereocenters. The molecule has 1 aliphatic heterocycles. The summed E-state index contributed by atoms with van der Waals surface area (Å²) in [5, 5.41) is 9.47. The second-order valence-corrected chi connectivity index (χ2v) is 8.34. The lowest BCUT2D eigenvalue weighted by Crippen LogP contribution is -2.41. The Hall–Kier alpha value is -3.58. The summed E-state index contributed by atoms with van der Waals surface area (Å²) in [4.78, 5) is 25.8. The summed E-state index contributed by atoms with van der Waals surface area (Å²) < 4.78 is 25.0. The zero-order valence-corrected chi connectivity index (χ0v) is 19.0. The van der Waals surface area contributed by atoms with Gasteiger partial charge >= 0.3 is 12.1 Å². The van der Waals surface area contributed by atoms with Crippen LogP contribution in [0.4, 0.5) is 9.18 Å². The molecule has 176 valence electrons. The fourth-order valence-electron chi connectivity index (χ4n) is 4.12. The molecule has 0 saturated heterocycles. The van der Waals surface area contributed by atoms with Gasteiger partial charge in [0.25, 0.3) is 0 Å². The minimum atomic E-state index is -1.14. The van der Waals surface area contributed by atoms with Gasteiger partial charge in [-0.2, -0.15) is 0 Å². The summed E-state index contributed by atoms with van der Waals surface area (Å²) >= 11 is 6.26. The largest absolute Gasteiger partial charge is 0.482 e. The van der Waals surface area contributed by atoms with E-state index >= 15 is 0 Å². The van der Waals surface area contributed by atoms with Crippen molar-refractivity contribution >= 4 is 23.7 Å². The molecule has 0 saturated carbocycles. The van der Waals surface area contributed by atoms with E-state index < -0.39 is 24.7 Å². The number of hydrogen-bond donors (Lipinski definition) is 1. The SMILES string of the molecule is O=C(O)COc1ccc(Cl)cc1[C@@H]1c2ccc(F)cc2CCN1C(=O)OCCc1ccccc1. The highest BCUT2D eigenvalue weighted by Gasteiger charge is 2.35. The number of hydrogen-bond acceptors (Lipinski definition) is 4. The lowest BCUT2D eigenvalue weighted by molar-refractivity contribution is -0.139. The van der Waals surface area contributed by atoms with Gasteiger partial charge in [-0.1, -0.05) is 48.0 Å². The molecule has 8 heteroatoms. The molecule has 0 radical (unpaired) electrons. The third kappa shape index (κ3) is 5.48. The van der Waals surface area contributed by atoms with Crippen molar-refractivity contribution in [3.05, 3.63) is 99.8 Å². The quantitative estimate of drug-likeness (QED) is 0.495. The van der Waals surface area contributed by atoms with Gasteiger partial charge < -0.3 is 14.6 Å². The standard InChI is InChI=1S/C26H23ClFNO5/c27-19-6-9-23(34-16-24(30)31)22(15-19)25-21-8-7-20(28)14-18(21)10-12-29(25)26(32)33-13-11-17-4-2-1-3-5-17/h1-9,14-15,25H,10-13,16H2,(H,30,31)/t25-/m0/s1. The fourth-order valence-corrected chi connectivity index (χ4v) is 4.30. The predicted molar refractivity (Wildman–Crippen MR) is 125 cm³/mol. The number of halogens is 2. The van der Waals surface area contributed by atoms with Crippen LogP contribution in [-0.2, 0) is 22.4 Å². The van der Waals surface area contributed by atoms with E-state index in [9.17, 15) is 14.0 Å². The second kappa shape index (κ2) is 10.6. The van der Waals surface area contributed by atoms with Crippen LogP contribution in [0.5, 0.6) is 5.75 Å². The average molecular weight is 484 g/mol. The maximum Gasteiger partial charge on any atom is 0.410 e. The van der Waals surface area contributed by atoms with Crippen LogP contribution in [0.3, 0.4) is 0 Å². The van der Waals surface area contributed by atoms with Crippen molar-refractivity contribution in [1.29, 1.82) is 0 Å². The molecule has 0 bridgehead atoms. The first-order chi connectivity index (χ1) is 16.4. The number of benzene rings is 3. The Labute approximate surface area is 201 Å². The van der Waals surface area contributed by atoms with E-state index in [0.717, 1.165) is 11.1 Å². The molecule has 3 aromatic rings. The Balaban J connectivity index is 1.65. The molecule has 34 heavy (non-hydrogen) atoms. The first-order valence-electron chi connectivity index (χ1n) is 10.8. The molecule has 1 atom stereocenters.